The standard InChI is InChI=1S/C21H28N2O2/c1-2-3-4-5-6-10-15-22-20(24)21(13-14-21)19-16-18(25-23-19)17-11-8-7-9-12-17/h7-9,11-12,16H,2-6,10,13-15H2,1H3,(H,22,24). The number of carbonyl (C=O) groups excluding carboxylic acids is 1. The molecule has 0 bridgehead atoms. The van der Waals surface area contributed by atoms with E-state index in [0.717, 1.165) is 42.8 Å². The Hall–Kier alpha value is -2.10. The van der Waals surface area contributed by atoms with E-state index in [-0.39, 0.29) is 5.91 Å². The number of nitrogens with zero attached hydrogens (tertiary/aromatic N) is 1. The average molecular weight is 340 g/mol. The molecule has 1 aliphatic carbocycles. The summed E-state index contributed by atoms with van der Waals surface area (Å²) in [6.07, 6.45) is 9.10. The summed E-state index contributed by atoms with van der Waals surface area (Å²) in [7, 11) is 0. The Kier molecular flexibility index (Phi) is 5.90. The molecule has 0 aliphatic heterocycles. The van der Waals surface area contributed by atoms with Crippen molar-refractivity contribution in [1.29, 1.82) is 0 Å². The first-order valence-electron chi connectivity index (χ1n) is 9.57. The van der Waals surface area contributed by atoms with Crippen LogP contribution in [-0.2, 0) is 10.2 Å². The lowest BCUT2D eigenvalue weighted by atomic mass is 10.00. The molecule has 0 unspecified atom stereocenters. The van der Waals surface area contributed by atoms with Crippen molar-refractivity contribution in [2.75, 3.05) is 6.54 Å². The first-order valence-corrected chi connectivity index (χ1v) is 9.57. The third kappa shape index (κ3) is 4.30. The number of hydrogen-bond acceptors (Lipinski definition) is 3. The molecule has 0 saturated heterocycles. The molecule has 0 atom stereocenters. The Bertz CT molecular complexity index is 674. The number of unbranched alkanes of at least 4 members (excludes halogenated alkanes) is 5. The van der Waals surface area contributed by atoms with Crippen LogP contribution in [0, 0.1) is 0 Å². The molecule has 0 spiro atoms. The molecule has 1 fully saturated rings. The molecule has 1 heterocycles. The van der Waals surface area contributed by atoms with E-state index in [1.807, 2.05) is 36.4 Å². The molecular formula is C21H28N2O2. The SMILES string of the molecule is CCCCCCCCNC(=O)C1(c2cc(-c3ccccc3)on2)CC1. The molecule has 1 aliphatic rings. The predicted molar refractivity (Wildman–Crippen MR) is 99.2 cm³/mol. The maximum atomic E-state index is 12.6. The minimum absolute atomic E-state index is 0.106. The van der Waals surface area contributed by atoms with E-state index in [2.05, 4.69) is 17.4 Å². The van der Waals surface area contributed by atoms with Crippen molar-refractivity contribution in [2.24, 2.45) is 0 Å². The Morgan fingerprint density at radius 2 is 1.84 bits per heavy atom. The maximum absolute atomic E-state index is 12.6. The van der Waals surface area contributed by atoms with Crippen LogP contribution in [0.5, 0.6) is 0 Å². The van der Waals surface area contributed by atoms with Crippen molar-refractivity contribution < 1.29 is 9.32 Å². The number of amides is 1. The smallest absolute Gasteiger partial charge is 0.232 e. The second kappa shape index (κ2) is 8.32. The molecule has 3 rings (SSSR count). The topological polar surface area (TPSA) is 55.1 Å². The third-order valence-electron chi connectivity index (χ3n) is 5.06. The normalized spacial score (nSPS) is 15.1. The molecule has 134 valence electrons. The quantitative estimate of drug-likeness (QED) is 0.629. The van der Waals surface area contributed by atoms with Crippen LogP contribution in [0.15, 0.2) is 40.9 Å². The summed E-state index contributed by atoms with van der Waals surface area (Å²) in [5.74, 6) is 0.833. The molecule has 1 aromatic heterocycles. The molecule has 4 heteroatoms. The van der Waals surface area contributed by atoms with Crippen molar-refractivity contribution in [2.45, 2.75) is 63.7 Å². The summed E-state index contributed by atoms with van der Waals surface area (Å²) in [5, 5.41) is 7.29. The van der Waals surface area contributed by atoms with Gasteiger partial charge in [-0.3, -0.25) is 4.79 Å². The van der Waals surface area contributed by atoms with Gasteiger partial charge in [-0.05, 0) is 19.3 Å². The number of benzene rings is 1. The number of nitrogens with one attached hydrogen (secondary N) is 1. The number of carbonyl (C=O) groups is 1. The largest absolute Gasteiger partial charge is 0.356 e. The number of hydrogen-bond donors (Lipinski definition) is 1. The third-order valence-corrected chi connectivity index (χ3v) is 5.06. The fourth-order valence-electron chi connectivity index (χ4n) is 3.24. The van der Waals surface area contributed by atoms with Gasteiger partial charge in [0.2, 0.25) is 5.91 Å². The van der Waals surface area contributed by atoms with Crippen LogP contribution in [0.25, 0.3) is 11.3 Å². The summed E-state index contributed by atoms with van der Waals surface area (Å²) in [5.41, 5.74) is 1.30. The predicted octanol–water partition coefficient (Wildman–Crippen LogP) is 4.85. The van der Waals surface area contributed by atoms with E-state index in [9.17, 15) is 4.79 Å². The van der Waals surface area contributed by atoms with E-state index in [4.69, 9.17) is 4.52 Å². The van der Waals surface area contributed by atoms with Gasteiger partial charge in [-0.2, -0.15) is 0 Å². The van der Waals surface area contributed by atoms with Crippen LogP contribution < -0.4 is 5.32 Å². The van der Waals surface area contributed by atoms with E-state index < -0.39 is 5.41 Å². The Balaban J connectivity index is 1.50. The van der Waals surface area contributed by atoms with Crippen LogP contribution >= 0.6 is 0 Å². The minimum Gasteiger partial charge on any atom is -0.356 e. The van der Waals surface area contributed by atoms with Gasteiger partial charge >= 0.3 is 0 Å². The summed E-state index contributed by atoms with van der Waals surface area (Å²) in [6, 6.07) is 11.8. The monoisotopic (exact) mass is 340 g/mol. The molecule has 4 nitrogen and oxygen atoms in total. The van der Waals surface area contributed by atoms with Crippen molar-refractivity contribution >= 4 is 5.91 Å². The van der Waals surface area contributed by atoms with Gasteiger partial charge in [0.25, 0.3) is 0 Å². The summed E-state index contributed by atoms with van der Waals surface area (Å²) >= 11 is 0. The van der Waals surface area contributed by atoms with Gasteiger partial charge in [-0.1, -0.05) is 74.5 Å². The van der Waals surface area contributed by atoms with Gasteiger partial charge in [0.05, 0.1) is 11.1 Å². The lowest BCUT2D eigenvalue weighted by molar-refractivity contribution is -0.123. The van der Waals surface area contributed by atoms with E-state index in [1.165, 1.54) is 32.1 Å². The first-order chi connectivity index (χ1) is 12.3. The highest BCUT2D eigenvalue weighted by molar-refractivity contribution is 5.91. The average Bonchev–Trinajstić information content (AvgIpc) is 3.31. The zero-order chi connectivity index (χ0) is 17.5. The highest BCUT2D eigenvalue weighted by Crippen LogP contribution is 2.48. The van der Waals surface area contributed by atoms with Crippen LogP contribution in [0.4, 0.5) is 0 Å². The summed E-state index contributed by atoms with van der Waals surface area (Å²) < 4.78 is 5.48. The Labute approximate surface area is 150 Å². The van der Waals surface area contributed by atoms with E-state index in [0.29, 0.717) is 0 Å². The molecule has 1 aromatic carbocycles. The van der Waals surface area contributed by atoms with Crippen LogP contribution in [0.3, 0.4) is 0 Å². The zero-order valence-electron chi connectivity index (χ0n) is 15.1. The van der Waals surface area contributed by atoms with Crippen molar-refractivity contribution in [3.63, 3.8) is 0 Å². The second-order valence-electron chi connectivity index (χ2n) is 7.05. The molecule has 1 saturated carbocycles. The van der Waals surface area contributed by atoms with Crippen LogP contribution in [0.1, 0.15) is 64.0 Å². The molecule has 1 N–H and O–H groups in total. The van der Waals surface area contributed by atoms with Gasteiger partial charge in [-0.15, -0.1) is 0 Å². The molecule has 0 radical (unpaired) electrons. The molecule has 25 heavy (non-hydrogen) atoms. The fourth-order valence-corrected chi connectivity index (χ4v) is 3.24. The number of aromatic nitrogens is 1. The van der Waals surface area contributed by atoms with E-state index >= 15 is 0 Å². The highest BCUT2D eigenvalue weighted by atomic mass is 16.5. The lowest BCUT2D eigenvalue weighted by Gasteiger charge is -2.12. The van der Waals surface area contributed by atoms with E-state index in [1.54, 1.807) is 0 Å². The van der Waals surface area contributed by atoms with Gasteiger partial charge in [-0.25, -0.2) is 0 Å². The second-order valence-corrected chi connectivity index (χ2v) is 7.05. The molecule has 1 amide bonds. The van der Waals surface area contributed by atoms with Crippen molar-refractivity contribution in [1.82, 2.24) is 10.5 Å². The molecule has 2 aromatic rings. The maximum Gasteiger partial charge on any atom is 0.232 e. The van der Waals surface area contributed by atoms with Crippen molar-refractivity contribution in [3.8, 4) is 11.3 Å². The number of rotatable bonds is 10. The Morgan fingerprint density at radius 1 is 1.12 bits per heavy atom. The minimum atomic E-state index is -0.460. The van der Waals surface area contributed by atoms with Gasteiger partial charge in [0, 0.05) is 18.2 Å². The lowest BCUT2D eigenvalue weighted by Crippen LogP contribution is -2.35. The van der Waals surface area contributed by atoms with Crippen LogP contribution in [-0.4, -0.2) is 17.6 Å². The zero-order valence-corrected chi connectivity index (χ0v) is 15.1. The highest BCUT2D eigenvalue weighted by Gasteiger charge is 2.53. The van der Waals surface area contributed by atoms with Crippen LogP contribution in [0.2, 0.25) is 0 Å². The van der Waals surface area contributed by atoms with Gasteiger partial charge < -0.3 is 9.84 Å². The summed E-state index contributed by atoms with van der Waals surface area (Å²) in [4.78, 5) is 12.6. The van der Waals surface area contributed by atoms with Gasteiger partial charge in [0.15, 0.2) is 5.76 Å². The van der Waals surface area contributed by atoms with Gasteiger partial charge in [0.1, 0.15) is 0 Å². The summed E-state index contributed by atoms with van der Waals surface area (Å²) in [6.45, 7) is 2.98. The van der Waals surface area contributed by atoms with Crippen molar-refractivity contribution in [3.05, 3.63) is 42.1 Å². The first kappa shape index (κ1) is 17.7. The fraction of sp³-hybridized carbons (Fsp3) is 0.524. The molecular weight excluding hydrogens is 312 g/mol. The Morgan fingerprint density at radius 3 is 2.56 bits per heavy atom.